The molecule has 0 atom stereocenters. The molecule has 2 amide bonds. The van der Waals surface area contributed by atoms with Crippen LogP contribution < -0.4 is 10.1 Å². The van der Waals surface area contributed by atoms with E-state index in [1.54, 1.807) is 4.90 Å². The Labute approximate surface area is 171 Å². The van der Waals surface area contributed by atoms with E-state index in [0.717, 1.165) is 23.3 Å². The van der Waals surface area contributed by atoms with Crippen LogP contribution in [-0.4, -0.2) is 42.6 Å². The Kier molecular flexibility index (Phi) is 7.50. The van der Waals surface area contributed by atoms with E-state index >= 15 is 0 Å². The molecular weight excluding hydrogens is 368 g/mol. The fourth-order valence-electron chi connectivity index (χ4n) is 3.37. The second-order valence-electron chi connectivity index (χ2n) is 7.11. The van der Waals surface area contributed by atoms with Crippen LogP contribution in [0.5, 0.6) is 5.75 Å². The van der Waals surface area contributed by atoms with Gasteiger partial charge in [0.1, 0.15) is 12.4 Å². The molecule has 0 spiro atoms. The van der Waals surface area contributed by atoms with Crippen LogP contribution >= 0.6 is 0 Å². The van der Waals surface area contributed by atoms with E-state index in [2.05, 4.69) is 12.2 Å². The van der Waals surface area contributed by atoms with Crippen LogP contribution in [-0.2, 0) is 22.6 Å². The molecule has 1 aliphatic heterocycles. The Morgan fingerprint density at radius 1 is 1.03 bits per heavy atom. The highest BCUT2D eigenvalue weighted by Crippen LogP contribution is 2.19. The molecule has 0 aliphatic carbocycles. The predicted molar refractivity (Wildman–Crippen MR) is 111 cm³/mol. The monoisotopic (exact) mass is 396 g/mol. The number of hydrogen-bond donors (Lipinski definition) is 1. The van der Waals surface area contributed by atoms with E-state index in [-0.39, 0.29) is 25.2 Å². The van der Waals surface area contributed by atoms with Gasteiger partial charge in [0.15, 0.2) is 6.61 Å². The van der Waals surface area contributed by atoms with Gasteiger partial charge in [-0.25, -0.2) is 4.79 Å². The third kappa shape index (κ3) is 6.24. The van der Waals surface area contributed by atoms with Crippen molar-refractivity contribution < 1.29 is 19.1 Å². The molecule has 1 saturated heterocycles. The number of hydrogen-bond acceptors (Lipinski definition) is 4. The van der Waals surface area contributed by atoms with Crippen molar-refractivity contribution in [2.75, 3.05) is 19.7 Å². The van der Waals surface area contributed by atoms with Crippen molar-refractivity contribution in [1.29, 1.82) is 0 Å². The standard InChI is InChI=1S/C23H28N2O4/c1-2-19-10-6-7-11-21(19)28-17-22(26)25-14-12-20(13-15-25)24-23(27)29-16-18-8-4-3-5-9-18/h3-11,20H,2,12-17H2,1H3,(H,24,27). The predicted octanol–water partition coefficient (Wildman–Crippen LogP) is 3.55. The highest BCUT2D eigenvalue weighted by Gasteiger charge is 2.24. The number of aryl methyl sites for hydroxylation is 1. The van der Waals surface area contributed by atoms with E-state index in [0.29, 0.717) is 25.9 Å². The molecule has 29 heavy (non-hydrogen) atoms. The molecule has 0 aromatic heterocycles. The first-order valence-corrected chi connectivity index (χ1v) is 10.1. The average molecular weight is 396 g/mol. The maximum Gasteiger partial charge on any atom is 0.407 e. The first-order valence-electron chi connectivity index (χ1n) is 10.1. The van der Waals surface area contributed by atoms with Crippen molar-refractivity contribution in [1.82, 2.24) is 10.2 Å². The van der Waals surface area contributed by atoms with Crippen LogP contribution in [0.4, 0.5) is 4.79 Å². The number of likely N-dealkylation sites (tertiary alicyclic amines) is 1. The second-order valence-corrected chi connectivity index (χ2v) is 7.11. The number of ether oxygens (including phenoxy) is 2. The molecule has 0 unspecified atom stereocenters. The second kappa shape index (κ2) is 10.5. The highest BCUT2D eigenvalue weighted by molar-refractivity contribution is 5.78. The van der Waals surface area contributed by atoms with Gasteiger partial charge in [-0.15, -0.1) is 0 Å². The van der Waals surface area contributed by atoms with Crippen LogP contribution in [0.2, 0.25) is 0 Å². The summed E-state index contributed by atoms with van der Waals surface area (Å²) in [5, 5.41) is 2.89. The minimum atomic E-state index is -0.418. The van der Waals surface area contributed by atoms with Crippen molar-refractivity contribution in [3.05, 3.63) is 65.7 Å². The molecule has 154 valence electrons. The van der Waals surface area contributed by atoms with Crippen LogP contribution in [0.15, 0.2) is 54.6 Å². The lowest BCUT2D eigenvalue weighted by Crippen LogP contribution is -2.47. The van der Waals surface area contributed by atoms with E-state index in [9.17, 15) is 9.59 Å². The number of nitrogens with one attached hydrogen (secondary N) is 1. The highest BCUT2D eigenvalue weighted by atomic mass is 16.5. The van der Waals surface area contributed by atoms with Gasteiger partial charge in [-0.05, 0) is 36.5 Å². The van der Waals surface area contributed by atoms with E-state index in [4.69, 9.17) is 9.47 Å². The lowest BCUT2D eigenvalue weighted by atomic mass is 10.1. The molecule has 1 heterocycles. The fraction of sp³-hybridized carbons (Fsp3) is 0.391. The summed E-state index contributed by atoms with van der Waals surface area (Å²) in [5.74, 6) is 0.738. The van der Waals surface area contributed by atoms with E-state index in [1.165, 1.54) is 0 Å². The molecule has 6 heteroatoms. The van der Waals surface area contributed by atoms with Crippen molar-refractivity contribution in [2.24, 2.45) is 0 Å². The van der Waals surface area contributed by atoms with Gasteiger partial charge in [0.2, 0.25) is 0 Å². The first kappa shape index (κ1) is 20.7. The van der Waals surface area contributed by atoms with Gasteiger partial charge in [-0.1, -0.05) is 55.5 Å². The smallest absolute Gasteiger partial charge is 0.407 e. The third-order valence-electron chi connectivity index (χ3n) is 5.09. The topological polar surface area (TPSA) is 67.9 Å². The largest absolute Gasteiger partial charge is 0.483 e. The Morgan fingerprint density at radius 3 is 2.45 bits per heavy atom. The maximum atomic E-state index is 12.4. The summed E-state index contributed by atoms with van der Waals surface area (Å²) >= 11 is 0. The molecule has 0 bridgehead atoms. The van der Waals surface area contributed by atoms with E-state index in [1.807, 2.05) is 54.6 Å². The van der Waals surface area contributed by atoms with Gasteiger partial charge in [0.05, 0.1) is 0 Å². The zero-order valence-electron chi connectivity index (χ0n) is 16.8. The van der Waals surface area contributed by atoms with Crippen LogP contribution in [0.1, 0.15) is 30.9 Å². The number of alkyl carbamates (subject to hydrolysis) is 1. The lowest BCUT2D eigenvalue weighted by Gasteiger charge is -2.32. The number of para-hydroxylation sites is 1. The summed E-state index contributed by atoms with van der Waals surface area (Å²) in [7, 11) is 0. The molecule has 1 aliphatic rings. The average Bonchev–Trinajstić information content (AvgIpc) is 2.77. The quantitative estimate of drug-likeness (QED) is 0.777. The van der Waals surface area contributed by atoms with Gasteiger partial charge in [-0.3, -0.25) is 4.79 Å². The van der Waals surface area contributed by atoms with Gasteiger partial charge in [0.25, 0.3) is 5.91 Å². The van der Waals surface area contributed by atoms with Gasteiger partial charge >= 0.3 is 6.09 Å². The Balaban J connectivity index is 1.37. The molecule has 2 aromatic carbocycles. The molecular formula is C23H28N2O4. The number of benzene rings is 2. The zero-order valence-corrected chi connectivity index (χ0v) is 16.8. The zero-order chi connectivity index (χ0) is 20.5. The molecule has 1 fully saturated rings. The maximum absolute atomic E-state index is 12.4. The van der Waals surface area contributed by atoms with Crippen molar-refractivity contribution in [3.8, 4) is 5.75 Å². The summed E-state index contributed by atoms with van der Waals surface area (Å²) in [6, 6.07) is 17.4. The number of carbonyl (C=O) groups excluding carboxylic acids is 2. The minimum Gasteiger partial charge on any atom is -0.483 e. The summed E-state index contributed by atoms with van der Waals surface area (Å²) in [6.45, 7) is 3.55. The Morgan fingerprint density at radius 2 is 1.72 bits per heavy atom. The van der Waals surface area contributed by atoms with Crippen LogP contribution in [0.25, 0.3) is 0 Å². The number of carbonyl (C=O) groups is 2. The van der Waals surface area contributed by atoms with Crippen molar-refractivity contribution in [3.63, 3.8) is 0 Å². The lowest BCUT2D eigenvalue weighted by molar-refractivity contribution is -0.134. The SMILES string of the molecule is CCc1ccccc1OCC(=O)N1CCC(NC(=O)OCc2ccccc2)CC1. The number of nitrogens with zero attached hydrogens (tertiary/aromatic N) is 1. The number of amides is 2. The molecule has 0 radical (unpaired) electrons. The Hall–Kier alpha value is -3.02. The third-order valence-corrected chi connectivity index (χ3v) is 5.09. The van der Waals surface area contributed by atoms with Crippen molar-refractivity contribution in [2.45, 2.75) is 38.8 Å². The van der Waals surface area contributed by atoms with Crippen LogP contribution in [0, 0.1) is 0 Å². The number of rotatable bonds is 7. The van der Waals surface area contributed by atoms with Gasteiger partial charge in [-0.2, -0.15) is 0 Å². The molecule has 3 rings (SSSR count). The minimum absolute atomic E-state index is 0.0176. The van der Waals surface area contributed by atoms with E-state index < -0.39 is 6.09 Å². The van der Waals surface area contributed by atoms with Crippen LogP contribution in [0.3, 0.4) is 0 Å². The molecule has 2 aromatic rings. The summed E-state index contributed by atoms with van der Waals surface area (Å²) in [5.41, 5.74) is 2.05. The number of piperidine rings is 1. The molecule has 1 N–H and O–H groups in total. The summed E-state index contributed by atoms with van der Waals surface area (Å²) in [6.07, 6.45) is 1.86. The molecule has 6 nitrogen and oxygen atoms in total. The molecule has 0 saturated carbocycles. The fourth-order valence-corrected chi connectivity index (χ4v) is 3.37. The summed E-state index contributed by atoms with van der Waals surface area (Å²) < 4.78 is 11.0. The summed E-state index contributed by atoms with van der Waals surface area (Å²) in [4.78, 5) is 26.2. The first-order chi connectivity index (χ1) is 14.2. The van der Waals surface area contributed by atoms with Gasteiger partial charge in [0, 0.05) is 19.1 Å². The van der Waals surface area contributed by atoms with Gasteiger partial charge < -0.3 is 19.7 Å². The normalized spacial score (nSPS) is 14.3. The van der Waals surface area contributed by atoms with Crippen molar-refractivity contribution >= 4 is 12.0 Å². The Bertz CT molecular complexity index is 802.